The van der Waals surface area contributed by atoms with Gasteiger partial charge < -0.3 is 14.2 Å². The highest BCUT2D eigenvalue weighted by molar-refractivity contribution is 7.52. The molecule has 2 atom stereocenters. The van der Waals surface area contributed by atoms with Crippen LogP contribution in [0, 0.1) is 10.1 Å². The third kappa shape index (κ3) is 5.30. The molecule has 0 aromatic heterocycles. The fraction of sp³-hybridized carbons (Fsp3) is 0.188. The zero-order valence-corrected chi connectivity index (χ0v) is 14.7. The number of rotatable bonds is 9. The van der Waals surface area contributed by atoms with Gasteiger partial charge in [0.05, 0.1) is 4.92 Å². The lowest BCUT2D eigenvalue weighted by atomic mass is 10.2. The molecule has 0 radical (unpaired) electrons. The van der Waals surface area contributed by atoms with Crippen LogP contribution in [0.2, 0.25) is 0 Å². The SMILES string of the molecule is CC[C@H](NP(=O)(Oc1ccccc1)Oc1ccc([N+](=O)[O-])cc1)C(=O)O. The van der Waals surface area contributed by atoms with E-state index in [-0.39, 0.29) is 23.6 Å². The fourth-order valence-corrected chi connectivity index (χ4v) is 3.59. The van der Waals surface area contributed by atoms with Gasteiger partial charge in [-0.05, 0) is 30.7 Å². The number of benzene rings is 2. The van der Waals surface area contributed by atoms with Gasteiger partial charge in [0.25, 0.3) is 5.69 Å². The van der Waals surface area contributed by atoms with Crippen LogP contribution >= 0.6 is 7.75 Å². The number of hydrogen-bond donors (Lipinski definition) is 2. The largest absolute Gasteiger partial charge is 0.513 e. The van der Waals surface area contributed by atoms with Crippen molar-refractivity contribution in [2.75, 3.05) is 0 Å². The number of nitro groups is 1. The summed E-state index contributed by atoms with van der Waals surface area (Å²) in [7, 11) is -4.13. The Bertz CT molecular complexity index is 811. The van der Waals surface area contributed by atoms with Crippen LogP contribution in [-0.2, 0) is 9.36 Å². The average molecular weight is 380 g/mol. The lowest BCUT2D eigenvalue weighted by Crippen LogP contribution is -2.36. The first-order valence-electron chi connectivity index (χ1n) is 7.62. The van der Waals surface area contributed by atoms with Gasteiger partial charge in [0, 0.05) is 12.1 Å². The van der Waals surface area contributed by atoms with Crippen molar-refractivity contribution >= 4 is 19.4 Å². The van der Waals surface area contributed by atoms with Gasteiger partial charge in [0.15, 0.2) is 0 Å². The molecule has 0 bridgehead atoms. The van der Waals surface area contributed by atoms with E-state index in [4.69, 9.17) is 9.05 Å². The molecule has 0 aliphatic carbocycles. The van der Waals surface area contributed by atoms with E-state index < -0.39 is 24.7 Å². The minimum atomic E-state index is -4.13. The Kier molecular flexibility index (Phi) is 6.32. The van der Waals surface area contributed by atoms with Crippen molar-refractivity contribution in [2.45, 2.75) is 19.4 Å². The van der Waals surface area contributed by atoms with Gasteiger partial charge >= 0.3 is 13.7 Å². The number of non-ortho nitro benzene ring substituents is 1. The molecule has 1 unspecified atom stereocenters. The standard InChI is InChI=1S/C16H17N2O7P/c1-2-15(16(19)20)17-26(23,24-13-6-4-3-5-7-13)25-14-10-8-12(9-11-14)18(21)22/h3-11,15H,2H2,1H3,(H,17,23)(H,19,20)/t15-,26?/m0/s1. The van der Waals surface area contributed by atoms with E-state index in [0.717, 1.165) is 0 Å². The average Bonchev–Trinajstić information content (AvgIpc) is 2.60. The molecular weight excluding hydrogens is 363 g/mol. The van der Waals surface area contributed by atoms with Crippen LogP contribution < -0.4 is 14.1 Å². The molecule has 2 aromatic carbocycles. The second kappa shape index (κ2) is 8.46. The van der Waals surface area contributed by atoms with Crippen molar-refractivity contribution in [3.63, 3.8) is 0 Å². The smallest absolute Gasteiger partial charge is 0.480 e. The summed E-state index contributed by atoms with van der Waals surface area (Å²) in [6.07, 6.45) is 0.140. The van der Waals surface area contributed by atoms with Crippen molar-refractivity contribution in [3.05, 3.63) is 64.7 Å². The summed E-state index contributed by atoms with van der Waals surface area (Å²) >= 11 is 0. The Hall–Kier alpha value is -2.90. The number of nitro benzene ring substituents is 1. The van der Waals surface area contributed by atoms with Crippen LogP contribution in [0.4, 0.5) is 5.69 Å². The minimum Gasteiger partial charge on any atom is -0.480 e. The Morgan fingerprint density at radius 3 is 2.15 bits per heavy atom. The Morgan fingerprint density at radius 2 is 1.69 bits per heavy atom. The summed E-state index contributed by atoms with van der Waals surface area (Å²) in [5.74, 6) is -0.968. The van der Waals surface area contributed by atoms with Crippen LogP contribution in [0.3, 0.4) is 0 Å². The predicted octanol–water partition coefficient (Wildman–Crippen LogP) is 3.61. The van der Waals surface area contributed by atoms with Crippen LogP contribution in [-0.4, -0.2) is 22.0 Å². The molecule has 0 saturated heterocycles. The second-order valence-corrected chi connectivity index (χ2v) is 6.79. The predicted molar refractivity (Wildman–Crippen MR) is 93.3 cm³/mol. The maximum Gasteiger partial charge on any atom is 0.513 e. The third-order valence-electron chi connectivity index (χ3n) is 3.26. The summed E-state index contributed by atoms with van der Waals surface area (Å²) in [4.78, 5) is 21.4. The molecular formula is C16H17N2O7P. The van der Waals surface area contributed by atoms with E-state index in [9.17, 15) is 24.6 Å². The van der Waals surface area contributed by atoms with Crippen molar-refractivity contribution in [3.8, 4) is 11.5 Å². The first kappa shape index (κ1) is 19.4. The summed E-state index contributed by atoms with van der Waals surface area (Å²) < 4.78 is 23.8. The number of nitrogens with zero attached hydrogens (tertiary/aromatic N) is 1. The van der Waals surface area contributed by atoms with Gasteiger partial charge in [0.2, 0.25) is 0 Å². The zero-order valence-electron chi connectivity index (χ0n) is 13.8. The summed E-state index contributed by atoms with van der Waals surface area (Å²) in [6, 6.07) is 11.8. The summed E-state index contributed by atoms with van der Waals surface area (Å²) in [6.45, 7) is 1.60. The van der Waals surface area contributed by atoms with Crippen molar-refractivity contribution < 1.29 is 28.4 Å². The fourth-order valence-electron chi connectivity index (χ4n) is 1.97. The Balaban J connectivity index is 2.28. The van der Waals surface area contributed by atoms with E-state index in [1.165, 1.54) is 36.4 Å². The lowest BCUT2D eigenvalue weighted by molar-refractivity contribution is -0.384. The van der Waals surface area contributed by atoms with Gasteiger partial charge in [-0.15, -0.1) is 0 Å². The molecule has 0 fully saturated rings. The highest BCUT2D eigenvalue weighted by atomic mass is 31.2. The van der Waals surface area contributed by atoms with E-state index in [1.54, 1.807) is 25.1 Å². The molecule has 0 spiro atoms. The van der Waals surface area contributed by atoms with Crippen LogP contribution in [0.5, 0.6) is 11.5 Å². The van der Waals surface area contributed by atoms with E-state index in [0.29, 0.717) is 0 Å². The maximum absolute atomic E-state index is 13.1. The Labute approximate surface area is 149 Å². The lowest BCUT2D eigenvalue weighted by Gasteiger charge is -2.23. The Morgan fingerprint density at radius 1 is 1.15 bits per heavy atom. The van der Waals surface area contributed by atoms with Gasteiger partial charge in [-0.1, -0.05) is 25.1 Å². The number of para-hydroxylation sites is 1. The summed E-state index contributed by atoms with van der Waals surface area (Å²) in [5.41, 5.74) is -0.166. The van der Waals surface area contributed by atoms with Gasteiger partial charge in [-0.25, -0.2) is 4.57 Å². The first-order chi connectivity index (χ1) is 12.3. The number of carbonyl (C=O) groups is 1. The monoisotopic (exact) mass is 380 g/mol. The molecule has 10 heteroatoms. The van der Waals surface area contributed by atoms with Gasteiger partial charge in [-0.3, -0.25) is 14.9 Å². The zero-order chi connectivity index (χ0) is 19.2. The molecule has 2 N–H and O–H groups in total. The van der Waals surface area contributed by atoms with Crippen LogP contribution in [0.1, 0.15) is 13.3 Å². The molecule has 138 valence electrons. The van der Waals surface area contributed by atoms with E-state index in [1.807, 2.05) is 0 Å². The van der Waals surface area contributed by atoms with Crippen molar-refractivity contribution in [1.82, 2.24) is 5.09 Å². The normalized spacial score (nSPS) is 14.0. The highest BCUT2D eigenvalue weighted by Crippen LogP contribution is 2.45. The molecule has 0 heterocycles. The molecule has 0 aliphatic heterocycles. The first-order valence-corrected chi connectivity index (χ1v) is 9.16. The maximum atomic E-state index is 13.1. The topological polar surface area (TPSA) is 128 Å². The molecule has 26 heavy (non-hydrogen) atoms. The van der Waals surface area contributed by atoms with E-state index in [2.05, 4.69) is 5.09 Å². The summed E-state index contributed by atoms with van der Waals surface area (Å²) in [5, 5.41) is 22.3. The molecule has 9 nitrogen and oxygen atoms in total. The van der Waals surface area contributed by atoms with Gasteiger partial charge in [-0.2, -0.15) is 5.09 Å². The highest BCUT2D eigenvalue weighted by Gasteiger charge is 2.34. The number of aliphatic carboxylic acids is 1. The number of nitrogens with one attached hydrogen (secondary N) is 1. The van der Waals surface area contributed by atoms with Gasteiger partial charge in [0.1, 0.15) is 17.5 Å². The van der Waals surface area contributed by atoms with E-state index >= 15 is 0 Å². The minimum absolute atomic E-state index is 0.0302. The quantitative estimate of drug-likeness (QED) is 0.383. The van der Waals surface area contributed by atoms with Crippen LogP contribution in [0.15, 0.2) is 54.6 Å². The molecule has 0 amide bonds. The van der Waals surface area contributed by atoms with Crippen molar-refractivity contribution in [2.24, 2.45) is 0 Å². The van der Waals surface area contributed by atoms with Crippen molar-refractivity contribution in [1.29, 1.82) is 0 Å². The molecule has 2 aromatic rings. The number of hydrogen-bond acceptors (Lipinski definition) is 6. The number of carboxylic acids is 1. The molecule has 0 saturated carbocycles. The molecule has 2 rings (SSSR count). The van der Waals surface area contributed by atoms with Crippen LogP contribution in [0.25, 0.3) is 0 Å². The second-order valence-electron chi connectivity index (χ2n) is 5.17. The number of carboxylic acid groups (broad SMARTS) is 1. The molecule has 0 aliphatic rings. The third-order valence-corrected chi connectivity index (χ3v) is 4.79.